The average molecular weight is 342 g/mol. The Morgan fingerprint density at radius 1 is 1.28 bits per heavy atom. The number of carbonyl (C=O) groups is 1. The molecule has 3 rings (SSSR count). The van der Waals surface area contributed by atoms with Crippen molar-refractivity contribution in [3.63, 3.8) is 0 Å². The number of aryl methyl sites for hydroxylation is 3. The Morgan fingerprint density at radius 3 is 2.68 bits per heavy atom. The van der Waals surface area contributed by atoms with Crippen molar-refractivity contribution in [2.24, 2.45) is 7.05 Å². The summed E-state index contributed by atoms with van der Waals surface area (Å²) >= 11 is 0. The van der Waals surface area contributed by atoms with Crippen LogP contribution >= 0.6 is 0 Å². The normalized spacial score (nSPS) is 10.7. The quantitative estimate of drug-likeness (QED) is 0.568. The van der Waals surface area contributed by atoms with Crippen LogP contribution in [0.25, 0.3) is 11.6 Å². The highest BCUT2D eigenvalue weighted by atomic mass is 16.6. The molecule has 0 fully saturated rings. The summed E-state index contributed by atoms with van der Waals surface area (Å²) < 4.78 is 6.99. The van der Waals surface area contributed by atoms with Gasteiger partial charge in [-0.2, -0.15) is 5.10 Å². The van der Waals surface area contributed by atoms with Gasteiger partial charge in [-0.05, 0) is 26.0 Å². The van der Waals surface area contributed by atoms with Crippen LogP contribution in [0, 0.1) is 24.0 Å². The molecule has 0 saturated heterocycles. The van der Waals surface area contributed by atoms with Crippen LogP contribution in [0.4, 0.5) is 11.7 Å². The summed E-state index contributed by atoms with van der Waals surface area (Å²) in [6, 6.07) is 5.85. The third-order valence-corrected chi connectivity index (χ3v) is 3.53. The predicted octanol–water partition coefficient (Wildman–Crippen LogP) is 2.25. The summed E-state index contributed by atoms with van der Waals surface area (Å²) in [5, 5.41) is 25.2. The van der Waals surface area contributed by atoms with E-state index in [1.165, 1.54) is 18.2 Å². The second-order valence-corrected chi connectivity index (χ2v) is 5.42. The highest BCUT2D eigenvalue weighted by molar-refractivity contribution is 6.03. The lowest BCUT2D eigenvalue weighted by Gasteiger charge is -2.02. The Labute approximate surface area is 141 Å². The van der Waals surface area contributed by atoms with Gasteiger partial charge in [0, 0.05) is 24.2 Å². The average Bonchev–Trinajstić information content (AvgIpc) is 3.13. The van der Waals surface area contributed by atoms with Gasteiger partial charge in [0.15, 0.2) is 0 Å². The molecular formula is C15H14N6O4. The molecule has 10 heteroatoms. The van der Waals surface area contributed by atoms with E-state index in [-0.39, 0.29) is 23.2 Å². The maximum absolute atomic E-state index is 12.2. The largest absolute Gasteiger partial charge is 0.401 e. The van der Waals surface area contributed by atoms with E-state index in [1.54, 1.807) is 24.7 Å². The second kappa shape index (κ2) is 6.15. The molecule has 0 radical (unpaired) electrons. The van der Waals surface area contributed by atoms with Crippen LogP contribution in [0.15, 0.2) is 28.7 Å². The number of amides is 1. The first-order valence-corrected chi connectivity index (χ1v) is 7.26. The fraction of sp³-hybridized carbons (Fsp3) is 0.200. The van der Waals surface area contributed by atoms with Crippen molar-refractivity contribution in [1.82, 2.24) is 20.0 Å². The molecule has 1 amide bonds. The van der Waals surface area contributed by atoms with Gasteiger partial charge in [-0.25, -0.2) is 0 Å². The number of nitrogens with one attached hydrogen (secondary N) is 1. The van der Waals surface area contributed by atoms with E-state index in [4.69, 9.17) is 4.42 Å². The molecule has 128 valence electrons. The van der Waals surface area contributed by atoms with E-state index in [2.05, 4.69) is 20.6 Å². The Kier molecular flexibility index (Phi) is 4.01. The topological polar surface area (TPSA) is 129 Å². The molecule has 0 saturated carbocycles. The number of anilines is 1. The van der Waals surface area contributed by atoms with Gasteiger partial charge in [0.1, 0.15) is 5.69 Å². The van der Waals surface area contributed by atoms with Crippen molar-refractivity contribution >= 4 is 17.6 Å². The molecule has 1 N–H and O–H groups in total. The van der Waals surface area contributed by atoms with E-state index >= 15 is 0 Å². The van der Waals surface area contributed by atoms with E-state index in [1.807, 2.05) is 6.92 Å². The van der Waals surface area contributed by atoms with Crippen LogP contribution in [0.5, 0.6) is 0 Å². The third-order valence-electron chi connectivity index (χ3n) is 3.53. The van der Waals surface area contributed by atoms with E-state index in [0.717, 1.165) is 5.69 Å². The highest BCUT2D eigenvalue weighted by Gasteiger charge is 2.18. The van der Waals surface area contributed by atoms with Gasteiger partial charge in [-0.15, -0.1) is 5.10 Å². The van der Waals surface area contributed by atoms with E-state index in [0.29, 0.717) is 11.3 Å². The summed E-state index contributed by atoms with van der Waals surface area (Å²) in [5.41, 5.74) is 1.84. The number of nitrogens with zero attached hydrogens (tertiary/aromatic N) is 5. The van der Waals surface area contributed by atoms with E-state index < -0.39 is 10.8 Å². The number of aromatic nitrogens is 4. The molecule has 1 aromatic carbocycles. The molecule has 0 unspecified atom stereocenters. The molecule has 25 heavy (non-hydrogen) atoms. The van der Waals surface area contributed by atoms with Crippen LogP contribution < -0.4 is 5.32 Å². The fourth-order valence-electron chi connectivity index (χ4n) is 2.30. The van der Waals surface area contributed by atoms with Crippen LogP contribution in [0.1, 0.15) is 21.6 Å². The molecule has 0 aliphatic rings. The van der Waals surface area contributed by atoms with Gasteiger partial charge in [0.25, 0.3) is 17.5 Å². The molecule has 3 aromatic rings. The lowest BCUT2D eigenvalue weighted by molar-refractivity contribution is -0.385. The molecule has 10 nitrogen and oxygen atoms in total. The monoisotopic (exact) mass is 342 g/mol. The van der Waals surface area contributed by atoms with Gasteiger partial charge in [0.2, 0.25) is 0 Å². The van der Waals surface area contributed by atoms with Crippen molar-refractivity contribution in [2.75, 3.05) is 5.32 Å². The summed E-state index contributed by atoms with van der Waals surface area (Å²) in [5.74, 6) is -0.382. The standard InChI is InChI=1S/C15H14N6O4/c1-8-4-5-10(7-11(8)21(23)24)13(22)16-15-18-17-14(25-15)12-6-9(2)19-20(12)3/h4-7H,1-3H3,(H,16,18,22). The number of nitro groups is 1. The Bertz CT molecular complexity index is 974. The van der Waals surface area contributed by atoms with Crippen molar-refractivity contribution < 1.29 is 14.1 Å². The summed E-state index contributed by atoms with van der Waals surface area (Å²) in [7, 11) is 1.73. The first kappa shape index (κ1) is 16.3. The first-order chi connectivity index (χ1) is 11.8. The van der Waals surface area contributed by atoms with Crippen LogP contribution in [-0.4, -0.2) is 30.8 Å². The number of nitro benzene ring substituents is 1. The zero-order valence-electron chi connectivity index (χ0n) is 13.7. The third kappa shape index (κ3) is 3.22. The van der Waals surface area contributed by atoms with Crippen LogP contribution in [0.3, 0.4) is 0 Å². The predicted molar refractivity (Wildman–Crippen MR) is 87.0 cm³/mol. The second-order valence-electron chi connectivity index (χ2n) is 5.42. The fourth-order valence-corrected chi connectivity index (χ4v) is 2.30. The van der Waals surface area contributed by atoms with Crippen LogP contribution in [0.2, 0.25) is 0 Å². The van der Waals surface area contributed by atoms with Crippen molar-refractivity contribution in [3.05, 3.63) is 51.2 Å². The number of carbonyl (C=O) groups excluding carboxylic acids is 1. The van der Waals surface area contributed by atoms with Gasteiger partial charge in [-0.1, -0.05) is 11.2 Å². The zero-order valence-corrected chi connectivity index (χ0v) is 13.7. The number of hydrogen-bond donors (Lipinski definition) is 1. The molecule has 2 aromatic heterocycles. The molecule has 2 heterocycles. The summed E-state index contributed by atoms with van der Waals surface area (Å²) in [6.07, 6.45) is 0. The molecule has 0 aliphatic heterocycles. The minimum atomic E-state index is -0.584. The lowest BCUT2D eigenvalue weighted by atomic mass is 10.1. The van der Waals surface area contributed by atoms with Gasteiger partial charge in [-0.3, -0.25) is 24.9 Å². The van der Waals surface area contributed by atoms with Crippen molar-refractivity contribution in [3.8, 4) is 11.6 Å². The Morgan fingerprint density at radius 2 is 2.04 bits per heavy atom. The lowest BCUT2D eigenvalue weighted by Crippen LogP contribution is -2.12. The minimum Gasteiger partial charge on any atom is -0.401 e. The minimum absolute atomic E-state index is 0.109. The van der Waals surface area contributed by atoms with Crippen molar-refractivity contribution in [2.45, 2.75) is 13.8 Å². The summed E-state index contributed by atoms with van der Waals surface area (Å²) in [4.78, 5) is 22.7. The van der Waals surface area contributed by atoms with Gasteiger partial charge >= 0.3 is 6.01 Å². The molecule has 0 atom stereocenters. The highest BCUT2D eigenvalue weighted by Crippen LogP contribution is 2.22. The maximum atomic E-state index is 12.2. The molecule has 0 aliphatic carbocycles. The number of rotatable bonds is 4. The Hall–Kier alpha value is -3.56. The van der Waals surface area contributed by atoms with E-state index in [9.17, 15) is 14.9 Å². The number of benzene rings is 1. The van der Waals surface area contributed by atoms with Crippen molar-refractivity contribution in [1.29, 1.82) is 0 Å². The maximum Gasteiger partial charge on any atom is 0.322 e. The van der Waals surface area contributed by atoms with Crippen LogP contribution in [-0.2, 0) is 7.05 Å². The Balaban J connectivity index is 1.81. The van der Waals surface area contributed by atoms with Gasteiger partial charge < -0.3 is 4.42 Å². The molecule has 0 bridgehead atoms. The SMILES string of the molecule is Cc1cc(-c2nnc(NC(=O)c3ccc(C)c([N+](=O)[O-])c3)o2)n(C)n1. The van der Waals surface area contributed by atoms with Gasteiger partial charge in [0.05, 0.1) is 10.6 Å². The molecule has 0 spiro atoms. The smallest absolute Gasteiger partial charge is 0.322 e. The molecular weight excluding hydrogens is 328 g/mol. The zero-order chi connectivity index (χ0) is 18.1. The summed E-state index contributed by atoms with van der Waals surface area (Å²) in [6.45, 7) is 3.42. The number of hydrogen-bond acceptors (Lipinski definition) is 7. The first-order valence-electron chi connectivity index (χ1n) is 7.26.